The summed E-state index contributed by atoms with van der Waals surface area (Å²) in [4.78, 5) is 14.5. The number of aryl methyl sites for hydroxylation is 1. The zero-order valence-electron chi connectivity index (χ0n) is 12.6. The van der Waals surface area contributed by atoms with Gasteiger partial charge in [0.15, 0.2) is 0 Å². The quantitative estimate of drug-likeness (QED) is 0.780. The number of hydrogen-bond acceptors (Lipinski definition) is 1. The van der Waals surface area contributed by atoms with E-state index in [4.69, 9.17) is 11.6 Å². The Morgan fingerprint density at radius 2 is 2.14 bits per heavy atom. The third-order valence-corrected chi connectivity index (χ3v) is 4.37. The Hall–Kier alpha value is -1.48. The number of nitrogens with one attached hydrogen (secondary N) is 1. The summed E-state index contributed by atoms with van der Waals surface area (Å²) in [6, 6.07) is 5.84. The lowest BCUT2D eigenvalue weighted by Gasteiger charge is -2.33. The van der Waals surface area contributed by atoms with E-state index >= 15 is 0 Å². The predicted molar refractivity (Wildman–Crippen MR) is 89.0 cm³/mol. The molecule has 2 amide bonds. The van der Waals surface area contributed by atoms with Gasteiger partial charge in [-0.25, -0.2) is 4.79 Å². The highest BCUT2D eigenvalue weighted by molar-refractivity contribution is 6.33. The highest BCUT2D eigenvalue weighted by Crippen LogP contribution is 2.27. The Morgan fingerprint density at radius 1 is 1.43 bits per heavy atom. The van der Waals surface area contributed by atoms with Crippen molar-refractivity contribution in [1.82, 2.24) is 4.90 Å². The zero-order valence-corrected chi connectivity index (χ0v) is 13.3. The van der Waals surface area contributed by atoms with Crippen LogP contribution in [-0.4, -0.2) is 23.5 Å². The second kappa shape index (κ2) is 7.51. The molecule has 1 N–H and O–H groups in total. The molecule has 4 heteroatoms. The number of carbonyl (C=O) groups excluding carboxylic acids is 1. The standard InChI is InChI=1S/C17H23ClN2O/c1-3-12-20(14-9-5-4-6-10-14)17(21)19-16-13(2)8-7-11-15(16)18/h3,7-8,11,14H,1,4-6,9-10,12H2,2H3,(H,19,21). The van der Waals surface area contributed by atoms with Crippen LogP contribution in [0.1, 0.15) is 37.7 Å². The van der Waals surface area contributed by atoms with Crippen molar-refractivity contribution in [3.05, 3.63) is 41.4 Å². The van der Waals surface area contributed by atoms with Gasteiger partial charge in [-0.05, 0) is 31.4 Å². The van der Waals surface area contributed by atoms with Crippen LogP contribution >= 0.6 is 11.6 Å². The van der Waals surface area contributed by atoms with Crippen LogP contribution in [0.15, 0.2) is 30.9 Å². The van der Waals surface area contributed by atoms with Crippen LogP contribution in [0.3, 0.4) is 0 Å². The lowest BCUT2D eigenvalue weighted by Crippen LogP contribution is -2.44. The fourth-order valence-corrected chi connectivity index (χ4v) is 3.17. The first-order valence-corrected chi connectivity index (χ1v) is 7.95. The molecule has 2 rings (SSSR count). The van der Waals surface area contributed by atoms with Crippen molar-refractivity contribution in [3.8, 4) is 0 Å². The molecule has 0 bridgehead atoms. The molecule has 0 radical (unpaired) electrons. The molecule has 0 spiro atoms. The van der Waals surface area contributed by atoms with Gasteiger partial charge < -0.3 is 10.2 Å². The molecule has 0 heterocycles. The SMILES string of the molecule is C=CCN(C(=O)Nc1c(C)cccc1Cl)C1CCCCC1. The summed E-state index contributed by atoms with van der Waals surface area (Å²) in [5, 5.41) is 3.54. The van der Waals surface area contributed by atoms with Crippen LogP contribution in [0.2, 0.25) is 5.02 Å². The van der Waals surface area contributed by atoms with E-state index in [2.05, 4.69) is 11.9 Å². The van der Waals surface area contributed by atoms with Gasteiger partial charge >= 0.3 is 6.03 Å². The second-order valence-electron chi connectivity index (χ2n) is 5.59. The fourth-order valence-electron chi connectivity index (χ4n) is 2.90. The number of halogens is 1. The minimum absolute atomic E-state index is 0.0852. The predicted octanol–water partition coefficient (Wildman–Crippen LogP) is 5.00. The van der Waals surface area contributed by atoms with Gasteiger partial charge in [0.2, 0.25) is 0 Å². The maximum Gasteiger partial charge on any atom is 0.322 e. The van der Waals surface area contributed by atoms with E-state index in [-0.39, 0.29) is 6.03 Å². The lowest BCUT2D eigenvalue weighted by atomic mass is 9.94. The van der Waals surface area contributed by atoms with Crippen molar-refractivity contribution in [2.24, 2.45) is 0 Å². The molecule has 0 saturated heterocycles. The molecule has 0 aliphatic heterocycles. The molecule has 1 aromatic carbocycles. The summed E-state index contributed by atoms with van der Waals surface area (Å²) in [5.74, 6) is 0. The maximum absolute atomic E-state index is 12.6. The molecule has 1 saturated carbocycles. The minimum Gasteiger partial charge on any atom is -0.318 e. The van der Waals surface area contributed by atoms with Gasteiger partial charge in [-0.3, -0.25) is 0 Å². The molecule has 0 aromatic heterocycles. The molecule has 21 heavy (non-hydrogen) atoms. The van der Waals surface area contributed by atoms with E-state index < -0.39 is 0 Å². The zero-order chi connectivity index (χ0) is 15.2. The van der Waals surface area contributed by atoms with Crippen molar-refractivity contribution < 1.29 is 4.79 Å². The van der Waals surface area contributed by atoms with Gasteiger partial charge in [-0.2, -0.15) is 0 Å². The Balaban J connectivity index is 2.12. The van der Waals surface area contributed by atoms with Crippen LogP contribution in [0.5, 0.6) is 0 Å². The molecular weight excluding hydrogens is 284 g/mol. The number of amides is 2. The molecular formula is C17H23ClN2O. The summed E-state index contributed by atoms with van der Waals surface area (Å²) in [6.45, 7) is 6.29. The summed E-state index contributed by atoms with van der Waals surface area (Å²) < 4.78 is 0. The Labute approximate surface area is 132 Å². The number of para-hydroxylation sites is 1. The monoisotopic (exact) mass is 306 g/mol. The summed E-state index contributed by atoms with van der Waals surface area (Å²) in [6.07, 6.45) is 7.58. The van der Waals surface area contributed by atoms with Crippen LogP contribution < -0.4 is 5.32 Å². The van der Waals surface area contributed by atoms with Crippen molar-refractivity contribution in [1.29, 1.82) is 0 Å². The number of anilines is 1. The first kappa shape index (κ1) is 15.9. The molecule has 1 aliphatic carbocycles. The topological polar surface area (TPSA) is 32.3 Å². The molecule has 1 aromatic rings. The van der Waals surface area contributed by atoms with E-state index in [9.17, 15) is 4.79 Å². The number of nitrogens with zero attached hydrogens (tertiary/aromatic N) is 1. The average molecular weight is 307 g/mol. The van der Waals surface area contributed by atoms with Crippen LogP contribution in [0, 0.1) is 6.92 Å². The molecule has 1 fully saturated rings. The molecule has 3 nitrogen and oxygen atoms in total. The molecule has 114 valence electrons. The highest BCUT2D eigenvalue weighted by atomic mass is 35.5. The molecule has 0 atom stereocenters. The van der Waals surface area contributed by atoms with E-state index in [1.807, 2.05) is 24.0 Å². The van der Waals surface area contributed by atoms with Crippen molar-refractivity contribution in [3.63, 3.8) is 0 Å². The van der Waals surface area contributed by atoms with Gasteiger partial charge in [-0.15, -0.1) is 6.58 Å². The van der Waals surface area contributed by atoms with Crippen molar-refractivity contribution >= 4 is 23.3 Å². The second-order valence-corrected chi connectivity index (χ2v) is 6.00. The number of urea groups is 1. The third-order valence-electron chi connectivity index (χ3n) is 4.06. The van der Waals surface area contributed by atoms with Gasteiger partial charge in [0.25, 0.3) is 0 Å². The van der Waals surface area contributed by atoms with Crippen LogP contribution in [0.25, 0.3) is 0 Å². The summed E-state index contributed by atoms with van der Waals surface area (Å²) in [5.41, 5.74) is 1.67. The molecule has 1 aliphatic rings. The van der Waals surface area contributed by atoms with Crippen LogP contribution in [0.4, 0.5) is 10.5 Å². The van der Waals surface area contributed by atoms with E-state index in [0.29, 0.717) is 23.3 Å². The van der Waals surface area contributed by atoms with Gasteiger partial charge in [0, 0.05) is 12.6 Å². The van der Waals surface area contributed by atoms with Gasteiger partial charge in [0.05, 0.1) is 10.7 Å². The van der Waals surface area contributed by atoms with E-state index in [0.717, 1.165) is 18.4 Å². The number of hydrogen-bond donors (Lipinski definition) is 1. The van der Waals surface area contributed by atoms with Crippen molar-refractivity contribution in [2.75, 3.05) is 11.9 Å². The number of carbonyl (C=O) groups is 1. The molecule has 0 unspecified atom stereocenters. The Morgan fingerprint density at radius 3 is 2.76 bits per heavy atom. The highest BCUT2D eigenvalue weighted by Gasteiger charge is 2.25. The Kier molecular flexibility index (Phi) is 5.68. The largest absolute Gasteiger partial charge is 0.322 e. The number of rotatable bonds is 4. The Bertz CT molecular complexity index is 489. The minimum atomic E-state index is -0.0852. The van der Waals surface area contributed by atoms with E-state index in [1.54, 1.807) is 12.1 Å². The fraction of sp³-hybridized carbons (Fsp3) is 0.471. The lowest BCUT2D eigenvalue weighted by molar-refractivity contribution is 0.176. The first-order valence-electron chi connectivity index (χ1n) is 7.57. The first-order chi connectivity index (χ1) is 10.1. The normalized spacial score (nSPS) is 15.5. The number of benzene rings is 1. The summed E-state index contributed by atoms with van der Waals surface area (Å²) in [7, 11) is 0. The van der Waals surface area contributed by atoms with Gasteiger partial charge in [-0.1, -0.05) is 49.1 Å². The maximum atomic E-state index is 12.6. The third kappa shape index (κ3) is 4.01. The van der Waals surface area contributed by atoms with E-state index in [1.165, 1.54) is 19.3 Å². The summed E-state index contributed by atoms with van der Waals surface area (Å²) >= 11 is 6.19. The average Bonchev–Trinajstić information content (AvgIpc) is 2.49. The van der Waals surface area contributed by atoms with Crippen molar-refractivity contribution in [2.45, 2.75) is 45.1 Å². The van der Waals surface area contributed by atoms with Gasteiger partial charge in [0.1, 0.15) is 0 Å². The van der Waals surface area contributed by atoms with Crippen LogP contribution in [-0.2, 0) is 0 Å². The smallest absolute Gasteiger partial charge is 0.318 e.